The van der Waals surface area contributed by atoms with E-state index in [2.05, 4.69) is 0 Å². The fraction of sp³-hybridized carbons (Fsp3) is 0.278. The Morgan fingerprint density at radius 1 is 1.29 bits per heavy atom. The second kappa shape index (κ2) is 7.97. The van der Waals surface area contributed by atoms with Gasteiger partial charge in [0.25, 0.3) is 5.69 Å². The van der Waals surface area contributed by atoms with Crippen LogP contribution >= 0.6 is 11.8 Å². The molecule has 0 aliphatic rings. The number of nitro benzene ring substituents is 1. The Kier molecular flexibility index (Phi) is 5.98. The summed E-state index contributed by atoms with van der Waals surface area (Å²) in [5.41, 5.74) is 2.58. The minimum Gasteiger partial charge on any atom is -0.496 e. The Bertz CT molecular complexity index is 760. The van der Waals surface area contributed by atoms with Crippen LogP contribution in [0.5, 0.6) is 5.75 Å². The second-order valence-electron chi connectivity index (χ2n) is 5.39. The minimum absolute atomic E-state index is 0.00985. The van der Waals surface area contributed by atoms with Crippen molar-refractivity contribution in [2.24, 2.45) is 0 Å². The first kappa shape index (κ1) is 18.0. The third-order valence-corrected chi connectivity index (χ3v) is 4.98. The van der Waals surface area contributed by atoms with E-state index in [1.165, 1.54) is 13.0 Å². The van der Waals surface area contributed by atoms with Crippen molar-refractivity contribution >= 4 is 23.2 Å². The number of benzene rings is 2. The summed E-state index contributed by atoms with van der Waals surface area (Å²) in [6, 6.07) is 12.1. The highest BCUT2D eigenvalue weighted by Crippen LogP contribution is 2.35. The first-order valence-electron chi connectivity index (χ1n) is 7.46. The lowest BCUT2D eigenvalue weighted by molar-refractivity contribution is -0.384. The van der Waals surface area contributed by atoms with E-state index in [0.717, 1.165) is 16.9 Å². The highest BCUT2D eigenvalue weighted by atomic mass is 32.2. The summed E-state index contributed by atoms with van der Waals surface area (Å²) in [5, 5.41) is 11.0. The number of carbonyl (C=O) groups is 1. The lowest BCUT2D eigenvalue weighted by Crippen LogP contribution is -1.98. The first-order valence-corrected chi connectivity index (χ1v) is 8.51. The molecule has 0 bridgehead atoms. The number of Topliss-reactive ketones (excluding diaryl/α,β-unsaturated/α-hetero) is 1. The first-order chi connectivity index (χ1) is 11.4. The summed E-state index contributed by atoms with van der Waals surface area (Å²) >= 11 is 1.64. The molecule has 0 heterocycles. The SMILES string of the molecule is COc1ccc(C(C)=O)cc1CS[C@H](C)c1cccc([N+](=O)[O-])c1. The normalized spacial score (nSPS) is 11.8. The maximum Gasteiger partial charge on any atom is 0.269 e. The number of nitrogens with zero attached hydrogens (tertiary/aromatic N) is 1. The Hall–Kier alpha value is -2.34. The zero-order chi connectivity index (χ0) is 17.7. The van der Waals surface area contributed by atoms with Crippen LogP contribution in [0.15, 0.2) is 42.5 Å². The van der Waals surface area contributed by atoms with Crippen LogP contribution in [0.2, 0.25) is 0 Å². The van der Waals surface area contributed by atoms with Crippen molar-refractivity contribution in [3.05, 3.63) is 69.3 Å². The van der Waals surface area contributed by atoms with Crippen molar-refractivity contribution in [3.63, 3.8) is 0 Å². The van der Waals surface area contributed by atoms with Crippen molar-refractivity contribution in [2.75, 3.05) is 7.11 Å². The van der Waals surface area contributed by atoms with Gasteiger partial charge < -0.3 is 4.74 Å². The van der Waals surface area contributed by atoms with Crippen LogP contribution in [0.3, 0.4) is 0 Å². The zero-order valence-electron chi connectivity index (χ0n) is 13.8. The summed E-state index contributed by atoms with van der Waals surface area (Å²) in [5.74, 6) is 1.39. The van der Waals surface area contributed by atoms with E-state index in [9.17, 15) is 14.9 Å². The third kappa shape index (κ3) is 4.35. The summed E-state index contributed by atoms with van der Waals surface area (Å²) in [4.78, 5) is 22.0. The summed E-state index contributed by atoms with van der Waals surface area (Å²) in [7, 11) is 1.60. The number of rotatable bonds is 7. The Morgan fingerprint density at radius 2 is 2.04 bits per heavy atom. The van der Waals surface area contributed by atoms with Crippen molar-refractivity contribution in [3.8, 4) is 5.75 Å². The monoisotopic (exact) mass is 345 g/mol. The molecule has 0 aliphatic heterocycles. The van der Waals surface area contributed by atoms with Crippen molar-refractivity contribution < 1.29 is 14.5 Å². The number of ketones is 1. The quantitative estimate of drug-likeness (QED) is 0.409. The van der Waals surface area contributed by atoms with Gasteiger partial charge in [-0.1, -0.05) is 12.1 Å². The molecule has 2 aromatic carbocycles. The Balaban J connectivity index is 2.15. The molecule has 126 valence electrons. The number of carbonyl (C=O) groups excluding carboxylic acids is 1. The molecule has 0 unspecified atom stereocenters. The number of thioether (sulfide) groups is 1. The predicted molar refractivity (Wildman–Crippen MR) is 95.8 cm³/mol. The number of hydrogen-bond donors (Lipinski definition) is 0. The van der Waals surface area contributed by atoms with Gasteiger partial charge in [0.2, 0.25) is 0 Å². The standard InChI is InChI=1S/C18H19NO4S/c1-12(20)14-7-8-18(23-3)16(9-14)11-24-13(2)15-5-4-6-17(10-15)19(21)22/h4-10,13H,11H2,1-3H3/t13-/m1/s1. The number of non-ortho nitro benzene ring substituents is 1. The van der Waals surface area contributed by atoms with E-state index in [-0.39, 0.29) is 21.6 Å². The van der Waals surface area contributed by atoms with Crippen LogP contribution < -0.4 is 4.74 Å². The maximum absolute atomic E-state index is 11.5. The molecule has 1 atom stereocenters. The third-order valence-electron chi connectivity index (χ3n) is 3.73. The molecule has 5 nitrogen and oxygen atoms in total. The molecule has 0 saturated heterocycles. The topological polar surface area (TPSA) is 69.4 Å². The lowest BCUT2D eigenvalue weighted by atomic mass is 10.1. The van der Waals surface area contributed by atoms with Gasteiger partial charge in [0, 0.05) is 34.3 Å². The molecule has 2 rings (SSSR count). The van der Waals surface area contributed by atoms with Crippen LogP contribution in [0, 0.1) is 10.1 Å². The van der Waals surface area contributed by atoms with Gasteiger partial charge >= 0.3 is 0 Å². The van der Waals surface area contributed by atoms with Gasteiger partial charge in [-0.2, -0.15) is 0 Å². The number of ether oxygens (including phenoxy) is 1. The molecule has 0 N–H and O–H groups in total. The molecule has 24 heavy (non-hydrogen) atoms. The molecule has 0 saturated carbocycles. The van der Waals surface area contributed by atoms with E-state index >= 15 is 0 Å². The summed E-state index contributed by atoms with van der Waals surface area (Å²) in [6.07, 6.45) is 0. The van der Waals surface area contributed by atoms with E-state index in [1.807, 2.05) is 19.1 Å². The van der Waals surface area contributed by atoms with Gasteiger partial charge in [0.15, 0.2) is 5.78 Å². The average Bonchev–Trinajstić information content (AvgIpc) is 2.59. The van der Waals surface area contributed by atoms with Gasteiger partial charge in [0.05, 0.1) is 12.0 Å². The summed E-state index contributed by atoms with van der Waals surface area (Å²) in [6.45, 7) is 3.54. The van der Waals surface area contributed by atoms with E-state index in [1.54, 1.807) is 43.1 Å². The Labute approximate surface area is 145 Å². The average molecular weight is 345 g/mol. The number of methoxy groups -OCH3 is 1. The summed E-state index contributed by atoms with van der Waals surface area (Å²) < 4.78 is 5.35. The highest BCUT2D eigenvalue weighted by molar-refractivity contribution is 7.98. The molecular weight excluding hydrogens is 326 g/mol. The van der Waals surface area contributed by atoms with Crippen LogP contribution in [0.4, 0.5) is 5.69 Å². The van der Waals surface area contributed by atoms with E-state index in [0.29, 0.717) is 11.3 Å². The zero-order valence-corrected chi connectivity index (χ0v) is 14.6. The fourth-order valence-corrected chi connectivity index (χ4v) is 3.31. The minimum atomic E-state index is -0.389. The van der Waals surface area contributed by atoms with Gasteiger partial charge in [-0.15, -0.1) is 11.8 Å². The molecule has 0 amide bonds. The molecule has 2 aromatic rings. The van der Waals surface area contributed by atoms with Crippen molar-refractivity contribution in [1.29, 1.82) is 0 Å². The molecule has 0 fully saturated rings. The largest absolute Gasteiger partial charge is 0.496 e. The van der Waals surface area contributed by atoms with Crippen molar-refractivity contribution in [2.45, 2.75) is 24.9 Å². The second-order valence-corrected chi connectivity index (χ2v) is 6.72. The van der Waals surface area contributed by atoms with Crippen LogP contribution in [-0.4, -0.2) is 17.8 Å². The van der Waals surface area contributed by atoms with Gasteiger partial charge in [-0.3, -0.25) is 14.9 Å². The number of nitro groups is 1. The van der Waals surface area contributed by atoms with Gasteiger partial charge in [-0.25, -0.2) is 0 Å². The van der Waals surface area contributed by atoms with Crippen molar-refractivity contribution in [1.82, 2.24) is 0 Å². The van der Waals surface area contributed by atoms with Crippen LogP contribution in [0.1, 0.15) is 40.6 Å². The fourth-order valence-electron chi connectivity index (χ4n) is 2.31. The van der Waals surface area contributed by atoms with Gasteiger partial charge in [-0.05, 0) is 37.6 Å². The Morgan fingerprint density at radius 3 is 2.67 bits per heavy atom. The predicted octanol–water partition coefficient (Wildman–Crippen LogP) is 4.80. The molecule has 0 aromatic heterocycles. The smallest absolute Gasteiger partial charge is 0.269 e. The lowest BCUT2D eigenvalue weighted by Gasteiger charge is -2.14. The molecule has 6 heteroatoms. The van der Waals surface area contributed by atoms with E-state index < -0.39 is 0 Å². The molecule has 0 spiro atoms. The van der Waals surface area contributed by atoms with Crippen LogP contribution in [-0.2, 0) is 5.75 Å². The van der Waals surface area contributed by atoms with E-state index in [4.69, 9.17) is 4.74 Å². The highest BCUT2D eigenvalue weighted by Gasteiger charge is 2.13. The van der Waals surface area contributed by atoms with Gasteiger partial charge in [0.1, 0.15) is 5.75 Å². The number of hydrogen-bond acceptors (Lipinski definition) is 5. The maximum atomic E-state index is 11.5. The molecular formula is C18H19NO4S. The molecule has 0 aliphatic carbocycles. The molecule has 0 radical (unpaired) electrons. The van der Waals surface area contributed by atoms with Crippen LogP contribution in [0.25, 0.3) is 0 Å².